The van der Waals surface area contributed by atoms with Crippen LogP contribution in [0.2, 0.25) is 0 Å². The third kappa shape index (κ3) is 1.36. The second-order valence-corrected chi connectivity index (χ2v) is 6.75. The van der Waals surface area contributed by atoms with E-state index in [0.717, 1.165) is 5.56 Å². The maximum Gasteiger partial charge on any atom is 0.220 e. The Morgan fingerprint density at radius 1 is 0.875 bits per heavy atom. The first-order valence-corrected chi connectivity index (χ1v) is 6.43. The smallest absolute Gasteiger partial charge is 0.220 e. The molecule has 0 N–H and O–H groups in total. The zero-order valence-corrected chi connectivity index (χ0v) is 11.6. The highest BCUT2D eigenvalue weighted by Gasteiger charge is 2.40. The molecular weight excluding hydrogens is 216 g/mol. The van der Waals surface area contributed by atoms with E-state index in [2.05, 4.69) is 41.5 Å². The first-order chi connectivity index (χ1) is 7.27. The number of fused-ring (bicyclic) bond motifs is 1. The van der Waals surface area contributed by atoms with Crippen LogP contribution in [0.3, 0.4) is 0 Å². The van der Waals surface area contributed by atoms with Crippen molar-refractivity contribution < 1.29 is 4.79 Å². The fraction of sp³-hybridized carbons (Fsp3) is 0.500. The highest BCUT2D eigenvalue weighted by atomic mass is 32.2. The number of benzene rings is 1. The van der Waals surface area contributed by atoms with Crippen molar-refractivity contribution in [3.8, 4) is 0 Å². The molecular formula is C14H18OS. The van der Waals surface area contributed by atoms with Crippen molar-refractivity contribution in [3.63, 3.8) is 0 Å². The molecule has 0 saturated heterocycles. The van der Waals surface area contributed by atoms with Gasteiger partial charge in [-0.25, -0.2) is 0 Å². The first-order valence-electron chi connectivity index (χ1n) is 5.61. The van der Waals surface area contributed by atoms with Crippen LogP contribution in [0.25, 0.3) is 0 Å². The largest absolute Gasteiger partial charge is 0.282 e. The summed E-state index contributed by atoms with van der Waals surface area (Å²) in [7, 11) is 0. The zero-order valence-electron chi connectivity index (χ0n) is 10.8. The molecule has 0 bridgehead atoms. The van der Waals surface area contributed by atoms with Crippen LogP contribution in [0.1, 0.15) is 52.0 Å². The Morgan fingerprint density at radius 3 is 1.94 bits per heavy atom. The molecule has 1 heterocycles. The van der Waals surface area contributed by atoms with Crippen LogP contribution in [0.5, 0.6) is 0 Å². The molecule has 1 aliphatic rings. The summed E-state index contributed by atoms with van der Waals surface area (Å²) in [6.07, 6.45) is 0. The summed E-state index contributed by atoms with van der Waals surface area (Å²) in [6, 6.07) is 0. The molecule has 1 aromatic rings. The maximum absolute atomic E-state index is 12.1. The quantitative estimate of drug-likeness (QED) is 0.674. The molecule has 86 valence electrons. The number of rotatable bonds is 0. The van der Waals surface area contributed by atoms with Crippen LogP contribution in [-0.4, -0.2) is 5.12 Å². The van der Waals surface area contributed by atoms with Gasteiger partial charge < -0.3 is 0 Å². The van der Waals surface area contributed by atoms with E-state index < -0.39 is 0 Å². The molecule has 0 fully saturated rings. The molecule has 0 spiro atoms. The van der Waals surface area contributed by atoms with E-state index >= 15 is 0 Å². The van der Waals surface area contributed by atoms with Crippen molar-refractivity contribution in [1.29, 1.82) is 0 Å². The fourth-order valence-electron chi connectivity index (χ4n) is 2.65. The average molecular weight is 234 g/mol. The summed E-state index contributed by atoms with van der Waals surface area (Å²) >= 11 is 1.46. The van der Waals surface area contributed by atoms with E-state index in [9.17, 15) is 4.79 Å². The van der Waals surface area contributed by atoms with Gasteiger partial charge in [-0.2, -0.15) is 0 Å². The average Bonchev–Trinajstić information content (AvgIpc) is 2.42. The van der Waals surface area contributed by atoms with Gasteiger partial charge in [0.25, 0.3) is 0 Å². The lowest BCUT2D eigenvalue weighted by Gasteiger charge is -2.22. The van der Waals surface area contributed by atoms with Crippen molar-refractivity contribution in [3.05, 3.63) is 33.4 Å². The topological polar surface area (TPSA) is 17.1 Å². The minimum Gasteiger partial charge on any atom is -0.282 e. The van der Waals surface area contributed by atoms with Crippen LogP contribution in [0.15, 0.2) is 0 Å². The number of hydrogen-bond donors (Lipinski definition) is 0. The van der Waals surface area contributed by atoms with E-state index in [1.54, 1.807) is 0 Å². The molecule has 0 radical (unpaired) electrons. The standard InChI is InChI=1S/C14H18OS/c1-7-8(2)10(4)12-11(9(7)3)13(15)16-14(12,5)6/h1-6H3. The summed E-state index contributed by atoms with van der Waals surface area (Å²) in [5, 5.41) is 0.240. The summed E-state index contributed by atoms with van der Waals surface area (Å²) in [5.74, 6) is 0. The van der Waals surface area contributed by atoms with Gasteiger partial charge in [0.1, 0.15) is 0 Å². The van der Waals surface area contributed by atoms with Crippen molar-refractivity contribution in [1.82, 2.24) is 0 Å². The normalized spacial score (nSPS) is 17.8. The van der Waals surface area contributed by atoms with E-state index in [1.165, 1.54) is 39.6 Å². The van der Waals surface area contributed by atoms with E-state index in [4.69, 9.17) is 0 Å². The molecule has 0 saturated carbocycles. The van der Waals surface area contributed by atoms with Gasteiger partial charge in [0.05, 0.1) is 0 Å². The monoisotopic (exact) mass is 234 g/mol. The summed E-state index contributed by atoms with van der Waals surface area (Å²) in [4.78, 5) is 12.1. The lowest BCUT2D eigenvalue weighted by molar-refractivity contribution is 0.109. The molecule has 0 aromatic heterocycles. The Morgan fingerprint density at radius 2 is 1.38 bits per heavy atom. The number of hydrogen-bond acceptors (Lipinski definition) is 2. The Hall–Kier alpha value is -0.760. The van der Waals surface area contributed by atoms with Gasteiger partial charge in [-0.3, -0.25) is 4.79 Å². The van der Waals surface area contributed by atoms with E-state index in [0.29, 0.717) is 0 Å². The Balaban J connectivity index is 2.91. The summed E-state index contributed by atoms with van der Waals surface area (Å²) in [6.45, 7) is 12.8. The van der Waals surface area contributed by atoms with Gasteiger partial charge in [-0.15, -0.1) is 0 Å². The van der Waals surface area contributed by atoms with Gasteiger partial charge in [-0.05, 0) is 69.4 Å². The van der Waals surface area contributed by atoms with Crippen molar-refractivity contribution in [2.75, 3.05) is 0 Å². The predicted molar refractivity (Wildman–Crippen MR) is 70.3 cm³/mol. The summed E-state index contributed by atoms with van der Waals surface area (Å²) < 4.78 is -0.0697. The molecule has 0 amide bonds. The molecule has 1 nitrogen and oxygen atoms in total. The molecule has 0 unspecified atom stereocenters. The molecule has 1 aromatic carbocycles. The van der Waals surface area contributed by atoms with Crippen molar-refractivity contribution >= 4 is 16.9 Å². The predicted octanol–water partition coefficient (Wildman–Crippen LogP) is 4.04. The Bertz CT molecular complexity index is 498. The minimum absolute atomic E-state index is 0.0697. The van der Waals surface area contributed by atoms with E-state index in [1.807, 2.05) is 0 Å². The minimum atomic E-state index is -0.0697. The van der Waals surface area contributed by atoms with Gasteiger partial charge in [0, 0.05) is 10.3 Å². The van der Waals surface area contributed by atoms with Gasteiger partial charge >= 0.3 is 0 Å². The highest BCUT2D eigenvalue weighted by molar-refractivity contribution is 8.15. The van der Waals surface area contributed by atoms with Gasteiger partial charge in [0.15, 0.2) is 0 Å². The van der Waals surface area contributed by atoms with Crippen molar-refractivity contribution in [2.45, 2.75) is 46.3 Å². The Labute approximate surface area is 102 Å². The SMILES string of the molecule is Cc1c(C)c(C)c2c(c1C)C(=O)SC2(C)C. The number of thioether (sulfide) groups is 1. The van der Waals surface area contributed by atoms with E-state index in [-0.39, 0.29) is 9.86 Å². The molecule has 2 rings (SSSR count). The number of carbonyl (C=O) groups excluding carboxylic acids is 1. The molecule has 0 atom stereocenters. The summed E-state index contributed by atoms with van der Waals surface area (Å²) in [5.41, 5.74) is 7.28. The first kappa shape index (κ1) is 11.7. The number of carbonyl (C=O) groups is 1. The van der Waals surface area contributed by atoms with Gasteiger partial charge in [-0.1, -0.05) is 11.8 Å². The third-order valence-corrected chi connectivity index (χ3v) is 4.95. The lowest BCUT2D eigenvalue weighted by atomic mass is 9.84. The lowest BCUT2D eigenvalue weighted by Crippen LogP contribution is -2.12. The second-order valence-electron chi connectivity index (χ2n) is 5.15. The molecule has 0 aliphatic carbocycles. The Kier molecular flexibility index (Phi) is 2.46. The highest BCUT2D eigenvalue weighted by Crippen LogP contribution is 2.50. The molecule has 16 heavy (non-hydrogen) atoms. The van der Waals surface area contributed by atoms with Crippen LogP contribution in [-0.2, 0) is 4.75 Å². The van der Waals surface area contributed by atoms with Crippen molar-refractivity contribution in [2.24, 2.45) is 0 Å². The van der Waals surface area contributed by atoms with Crippen LogP contribution in [0.4, 0.5) is 0 Å². The zero-order chi connectivity index (χ0) is 12.2. The van der Waals surface area contributed by atoms with Gasteiger partial charge in [0.2, 0.25) is 5.12 Å². The second kappa shape index (κ2) is 3.36. The van der Waals surface area contributed by atoms with Crippen LogP contribution >= 0.6 is 11.8 Å². The molecule has 2 heteroatoms. The molecule has 1 aliphatic heterocycles. The fourth-order valence-corrected chi connectivity index (χ4v) is 3.83. The van der Waals surface area contributed by atoms with Crippen LogP contribution < -0.4 is 0 Å². The maximum atomic E-state index is 12.1. The third-order valence-electron chi connectivity index (χ3n) is 3.84. The van der Waals surface area contributed by atoms with Crippen LogP contribution in [0, 0.1) is 27.7 Å².